The molecule has 1 N–H and O–H groups in total. The lowest BCUT2D eigenvalue weighted by Crippen LogP contribution is -1.94. The maximum absolute atomic E-state index is 13.2. The Morgan fingerprint density at radius 2 is 2.00 bits per heavy atom. The second kappa shape index (κ2) is 4.14. The lowest BCUT2D eigenvalue weighted by Gasteiger charge is -2.08. The number of H-pyrrole nitrogens is 1. The Labute approximate surface area is 98.2 Å². The van der Waals surface area contributed by atoms with E-state index in [9.17, 15) is 4.39 Å². The van der Waals surface area contributed by atoms with E-state index in [1.54, 1.807) is 12.3 Å². The highest BCUT2D eigenvalue weighted by Gasteiger charge is 2.07. The molecule has 0 aliphatic carbocycles. The first-order valence-corrected chi connectivity index (χ1v) is 5.31. The van der Waals surface area contributed by atoms with Crippen molar-refractivity contribution in [1.82, 2.24) is 9.97 Å². The van der Waals surface area contributed by atoms with Crippen LogP contribution in [0.5, 0.6) is 0 Å². The van der Waals surface area contributed by atoms with Gasteiger partial charge in [0.05, 0.1) is 5.69 Å². The van der Waals surface area contributed by atoms with Crippen molar-refractivity contribution >= 4 is 12.2 Å². The molecule has 1 aromatic carbocycles. The molecule has 0 bridgehead atoms. The summed E-state index contributed by atoms with van der Waals surface area (Å²) in [6.07, 6.45) is 1.69. The summed E-state index contributed by atoms with van der Waals surface area (Å²) in [4.78, 5) is 6.98. The van der Waals surface area contributed by atoms with Gasteiger partial charge in [-0.25, -0.2) is 9.37 Å². The van der Waals surface area contributed by atoms with Gasteiger partial charge in [0.2, 0.25) is 0 Å². The molecule has 16 heavy (non-hydrogen) atoms. The first-order chi connectivity index (χ1) is 7.58. The average Bonchev–Trinajstić information content (AvgIpc) is 2.25. The number of aromatic nitrogens is 2. The smallest absolute Gasteiger partial charge is 0.197 e. The van der Waals surface area contributed by atoms with Gasteiger partial charge in [0.25, 0.3) is 0 Å². The summed E-state index contributed by atoms with van der Waals surface area (Å²) < 4.78 is 13.6. The van der Waals surface area contributed by atoms with Crippen LogP contribution in [0.25, 0.3) is 11.3 Å². The minimum Gasteiger partial charge on any atom is -0.330 e. The van der Waals surface area contributed by atoms with E-state index in [0.717, 1.165) is 22.4 Å². The molecule has 0 radical (unpaired) electrons. The highest BCUT2D eigenvalue weighted by atomic mass is 32.1. The van der Waals surface area contributed by atoms with Crippen molar-refractivity contribution in [2.75, 3.05) is 0 Å². The monoisotopic (exact) mass is 234 g/mol. The van der Waals surface area contributed by atoms with Gasteiger partial charge in [0.1, 0.15) is 5.82 Å². The number of rotatable bonds is 1. The third kappa shape index (κ3) is 2.02. The lowest BCUT2D eigenvalue weighted by atomic mass is 10.0. The summed E-state index contributed by atoms with van der Waals surface area (Å²) >= 11 is 4.97. The van der Waals surface area contributed by atoms with Gasteiger partial charge in [0.15, 0.2) is 4.77 Å². The molecular weight excluding hydrogens is 223 g/mol. The van der Waals surface area contributed by atoms with Crippen LogP contribution in [0.1, 0.15) is 11.1 Å². The first kappa shape index (κ1) is 11.0. The van der Waals surface area contributed by atoms with Crippen molar-refractivity contribution in [3.63, 3.8) is 0 Å². The Kier molecular flexibility index (Phi) is 2.83. The molecule has 0 amide bonds. The normalized spacial score (nSPS) is 10.4. The molecule has 0 saturated carbocycles. The first-order valence-electron chi connectivity index (χ1n) is 4.90. The second-order valence-corrected chi connectivity index (χ2v) is 4.09. The molecule has 82 valence electrons. The van der Waals surface area contributed by atoms with Crippen LogP contribution in [-0.2, 0) is 0 Å². The highest BCUT2D eigenvalue weighted by molar-refractivity contribution is 7.71. The van der Waals surface area contributed by atoms with E-state index in [1.165, 1.54) is 12.1 Å². The Morgan fingerprint density at radius 1 is 1.25 bits per heavy atom. The number of nitrogens with one attached hydrogen (secondary N) is 1. The Morgan fingerprint density at radius 3 is 2.75 bits per heavy atom. The standard InChI is InChI=1S/C12H11FN2S/c1-7-3-4-9(13)5-10(7)11-8(2)6-14-12(16)15-11/h3-6H,1-2H3,(H,14,15,16). The lowest BCUT2D eigenvalue weighted by molar-refractivity contribution is 0.628. The summed E-state index contributed by atoms with van der Waals surface area (Å²) in [7, 11) is 0. The van der Waals surface area contributed by atoms with Crippen LogP contribution >= 0.6 is 12.2 Å². The number of hydrogen-bond acceptors (Lipinski definition) is 2. The quantitative estimate of drug-likeness (QED) is 0.764. The van der Waals surface area contributed by atoms with Gasteiger partial charge < -0.3 is 4.98 Å². The fourth-order valence-corrected chi connectivity index (χ4v) is 1.76. The third-order valence-electron chi connectivity index (χ3n) is 2.47. The molecule has 0 aliphatic rings. The summed E-state index contributed by atoms with van der Waals surface area (Å²) in [5, 5.41) is 0. The van der Waals surface area contributed by atoms with Gasteiger partial charge in [-0.2, -0.15) is 0 Å². The van der Waals surface area contributed by atoms with Crippen molar-refractivity contribution in [1.29, 1.82) is 0 Å². The van der Waals surface area contributed by atoms with E-state index in [0.29, 0.717) is 4.77 Å². The highest BCUT2D eigenvalue weighted by Crippen LogP contribution is 2.24. The zero-order valence-corrected chi connectivity index (χ0v) is 9.86. The van der Waals surface area contributed by atoms with Crippen LogP contribution in [0.2, 0.25) is 0 Å². The number of nitrogens with zero attached hydrogens (tertiary/aromatic N) is 1. The van der Waals surface area contributed by atoms with Crippen LogP contribution in [0.15, 0.2) is 24.4 Å². The van der Waals surface area contributed by atoms with Gasteiger partial charge in [-0.15, -0.1) is 0 Å². The molecule has 0 fully saturated rings. The fourth-order valence-electron chi connectivity index (χ4n) is 1.60. The molecule has 0 atom stereocenters. The van der Waals surface area contributed by atoms with Crippen LogP contribution in [-0.4, -0.2) is 9.97 Å². The molecule has 2 rings (SSSR count). The number of hydrogen-bond donors (Lipinski definition) is 1. The molecule has 0 spiro atoms. The summed E-state index contributed by atoms with van der Waals surface area (Å²) in [5.41, 5.74) is 3.60. The minimum absolute atomic E-state index is 0.254. The van der Waals surface area contributed by atoms with Gasteiger partial charge in [0, 0.05) is 11.8 Å². The van der Waals surface area contributed by atoms with E-state index in [-0.39, 0.29) is 5.82 Å². The molecule has 0 unspecified atom stereocenters. The van der Waals surface area contributed by atoms with Crippen molar-refractivity contribution < 1.29 is 4.39 Å². The third-order valence-corrected chi connectivity index (χ3v) is 2.68. The van der Waals surface area contributed by atoms with Gasteiger partial charge >= 0.3 is 0 Å². The van der Waals surface area contributed by atoms with Crippen molar-refractivity contribution in [2.45, 2.75) is 13.8 Å². The van der Waals surface area contributed by atoms with Gasteiger partial charge in [-0.1, -0.05) is 6.07 Å². The number of benzene rings is 1. The minimum atomic E-state index is -0.254. The maximum Gasteiger partial charge on any atom is 0.197 e. The van der Waals surface area contributed by atoms with E-state index < -0.39 is 0 Å². The zero-order chi connectivity index (χ0) is 11.7. The van der Waals surface area contributed by atoms with Crippen LogP contribution in [0, 0.1) is 24.4 Å². The SMILES string of the molecule is Cc1ccc(F)cc1-c1[nH]c(=S)ncc1C. The van der Waals surface area contributed by atoms with Crippen LogP contribution in [0.4, 0.5) is 4.39 Å². The summed E-state index contributed by atoms with van der Waals surface area (Å²) in [5.74, 6) is -0.254. The summed E-state index contributed by atoms with van der Waals surface area (Å²) in [6.45, 7) is 3.85. The molecule has 4 heteroatoms. The summed E-state index contributed by atoms with van der Waals surface area (Å²) in [6, 6.07) is 4.70. The van der Waals surface area contributed by atoms with E-state index in [2.05, 4.69) is 9.97 Å². The van der Waals surface area contributed by atoms with Crippen molar-refractivity contribution in [3.8, 4) is 11.3 Å². The molecule has 2 aromatic rings. The zero-order valence-electron chi connectivity index (χ0n) is 9.04. The molecule has 1 heterocycles. The van der Waals surface area contributed by atoms with Crippen molar-refractivity contribution in [3.05, 3.63) is 46.1 Å². The van der Waals surface area contributed by atoms with E-state index in [4.69, 9.17) is 12.2 Å². The Balaban J connectivity index is 2.71. The molecule has 0 aliphatic heterocycles. The average molecular weight is 234 g/mol. The number of aromatic amines is 1. The predicted octanol–water partition coefficient (Wildman–Crippen LogP) is 3.56. The Bertz CT molecular complexity index is 590. The van der Waals surface area contributed by atoms with E-state index in [1.807, 2.05) is 13.8 Å². The molecule has 1 aromatic heterocycles. The second-order valence-electron chi connectivity index (χ2n) is 3.71. The van der Waals surface area contributed by atoms with Gasteiger partial charge in [-0.05, 0) is 49.3 Å². The predicted molar refractivity (Wildman–Crippen MR) is 64.3 cm³/mol. The topological polar surface area (TPSA) is 28.7 Å². The van der Waals surface area contributed by atoms with Crippen LogP contribution in [0.3, 0.4) is 0 Å². The van der Waals surface area contributed by atoms with Crippen molar-refractivity contribution in [2.24, 2.45) is 0 Å². The molecular formula is C12H11FN2S. The number of halogens is 1. The maximum atomic E-state index is 13.2. The van der Waals surface area contributed by atoms with Gasteiger partial charge in [-0.3, -0.25) is 0 Å². The fraction of sp³-hybridized carbons (Fsp3) is 0.167. The number of aryl methyl sites for hydroxylation is 2. The van der Waals surface area contributed by atoms with E-state index >= 15 is 0 Å². The Hall–Kier alpha value is -1.55. The van der Waals surface area contributed by atoms with Crippen LogP contribution < -0.4 is 0 Å². The largest absolute Gasteiger partial charge is 0.330 e. The molecule has 0 saturated heterocycles. The molecule has 2 nitrogen and oxygen atoms in total.